The summed E-state index contributed by atoms with van der Waals surface area (Å²) in [6.07, 6.45) is 1.61. The molecule has 1 saturated heterocycles. The quantitative estimate of drug-likeness (QED) is 0.839. The molecule has 2 rings (SSSR count). The Labute approximate surface area is 99.0 Å². The summed E-state index contributed by atoms with van der Waals surface area (Å²) in [6.45, 7) is 5.79. The first kappa shape index (κ1) is 11.6. The van der Waals surface area contributed by atoms with Crippen molar-refractivity contribution in [1.29, 1.82) is 0 Å². The Morgan fingerprint density at radius 1 is 1.59 bits per heavy atom. The van der Waals surface area contributed by atoms with Crippen LogP contribution in [0, 0.1) is 12.8 Å². The number of imide groups is 1. The molecular weight excluding hydrogens is 222 g/mol. The lowest BCUT2D eigenvalue weighted by Gasteiger charge is -2.33. The van der Waals surface area contributed by atoms with E-state index in [9.17, 15) is 9.59 Å². The number of amides is 3. The highest BCUT2D eigenvalue weighted by Crippen LogP contribution is 2.23. The van der Waals surface area contributed by atoms with Crippen molar-refractivity contribution in [2.24, 2.45) is 5.92 Å². The number of rotatable bonds is 2. The zero-order valence-electron chi connectivity index (χ0n) is 10.1. The Morgan fingerprint density at radius 3 is 2.88 bits per heavy atom. The van der Waals surface area contributed by atoms with Crippen molar-refractivity contribution < 1.29 is 14.0 Å². The second-order valence-corrected chi connectivity index (χ2v) is 4.33. The van der Waals surface area contributed by atoms with Gasteiger partial charge < -0.3 is 9.32 Å². The summed E-state index contributed by atoms with van der Waals surface area (Å²) in [5, 5.41) is 2.32. The molecule has 0 saturated carbocycles. The van der Waals surface area contributed by atoms with Crippen molar-refractivity contribution in [1.82, 2.24) is 15.2 Å². The van der Waals surface area contributed by atoms with Crippen molar-refractivity contribution in [3.05, 3.63) is 17.8 Å². The van der Waals surface area contributed by atoms with E-state index >= 15 is 0 Å². The van der Waals surface area contributed by atoms with Crippen LogP contribution in [0.3, 0.4) is 0 Å². The van der Waals surface area contributed by atoms with Crippen LogP contribution in [0.4, 0.5) is 4.79 Å². The van der Waals surface area contributed by atoms with Crippen LogP contribution in [-0.4, -0.2) is 28.4 Å². The first-order valence-corrected chi connectivity index (χ1v) is 5.53. The number of carbonyl (C=O) groups is 2. The number of nitrogens with one attached hydrogen (secondary N) is 1. The van der Waals surface area contributed by atoms with E-state index in [-0.39, 0.29) is 17.9 Å². The lowest BCUT2D eigenvalue weighted by Crippen LogP contribution is -2.54. The van der Waals surface area contributed by atoms with Crippen molar-refractivity contribution in [2.75, 3.05) is 6.54 Å². The third-order valence-electron chi connectivity index (χ3n) is 2.87. The van der Waals surface area contributed by atoms with Crippen molar-refractivity contribution >= 4 is 11.9 Å². The molecule has 2 unspecified atom stereocenters. The predicted octanol–water partition coefficient (Wildman–Crippen LogP) is 1.23. The normalized spacial score (nSPS) is 22.5. The smallest absolute Gasteiger partial charge is 0.324 e. The van der Waals surface area contributed by atoms with Gasteiger partial charge in [0.1, 0.15) is 11.8 Å². The fourth-order valence-electron chi connectivity index (χ4n) is 1.79. The number of nitrogens with zero attached hydrogens (tertiary/aromatic N) is 2. The van der Waals surface area contributed by atoms with Gasteiger partial charge in [-0.25, -0.2) is 9.78 Å². The van der Waals surface area contributed by atoms with Crippen molar-refractivity contribution in [3.63, 3.8) is 0 Å². The zero-order valence-corrected chi connectivity index (χ0v) is 10.1. The fourth-order valence-corrected chi connectivity index (χ4v) is 1.79. The average Bonchev–Trinajstić information content (AvgIpc) is 2.69. The maximum Gasteiger partial charge on any atom is 0.324 e. The van der Waals surface area contributed by atoms with Gasteiger partial charge in [0.15, 0.2) is 0 Å². The van der Waals surface area contributed by atoms with E-state index in [2.05, 4.69) is 10.3 Å². The second kappa shape index (κ2) is 4.20. The molecule has 17 heavy (non-hydrogen) atoms. The second-order valence-electron chi connectivity index (χ2n) is 4.33. The highest BCUT2D eigenvalue weighted by molar-refractivity contribution is 5.97. The standard InChI is InChI=1S/C11H15N3O3/c1-6-5-14(11(16)13-9(6)15)8(3)10-12-4-7(2)17-10/h4,6,8H,5H2,1-3H3,(H,13,15,16). The Balaban J connectivity index is 2.16. The summed E-state index contributed by atoms with van der Waals surface area (Å²) < 4.78 is 5.39. The van der Waals surface area contributed by atoms with Crippen molar-refractivity contribution in [3.8, 4) is 0 Å². The molecule has 1 aromatic heterocycles. The largest absolute Gasteiger partial charge is 0.444 e. The van der Waals surface area contributed by atoms with E-state index in [1.807, 2.05) is 6.92 Å². The van der Waals surface area contributed by atoms with E-state index in [1.165, 1.54) is 0 Å². The number of hydrogen-bond donors (Lipinski definition) is 1. The number of aromatic nitrogens is 1. The molecule has 6 heteroatoms. The number of urea groups is 1. The molecule has 1 N–H and O–H groups in total. The monoisotopic (exact) mass is 237 g/mol. The van der Waals surface area contributed by atoms with E-state index in [0.717, 1.165) is 0 Å². The topological polar surface area (TPSA) is 75.4 Å². The van der Waals surface area contributed by atoms with E-state index in [1.54, 1.807) is 24.9 Å². The average molecular weight is 237 g/mol. The molecule has 2 atom stereocenters. The van der Waals surface area contributed by atoms with E-state index < -0.39 is 6.03 Å². The Bertz CT molecular complexity index is 455. The summed E-state index contributed by atoms with van der Waals surface area (Å²) in [4.78, 5) is 28.7. The molecule has 0 bridgehead atoms. The van der Waals surface area contributed by atoms with Crippen LogP contribution < -0.4 is 5.32 Å². The van der Waals surface area contributed by atoms with Gasteiger partial charge in [-0.3, -0.25) is 10.1 Å². The third kappa shape index (κ3) is 2.15. The molecule has 0 aromatic carbocycles. The predicted molar refractivity (Wildman–Crippen MR) is 59.1 cm³/mol. The number of hydrogen-bond acceptors (Lipinski definition) is 4. The fraction of sp³-hybridized carbons (Fsp3) is 0.545. The van der Waals surface area contributed by atoms with E-state index in [0.29, 0.717) is 18.2 Å². The molecule has 1 aliphatic heterocycles. The number of carbonyl (C=O) groups excluding carboxylic acids is 2. The summed E-state index contributed by atoms with van der Waals surface area (Å²) in [5.74, 6) is 0.737. The van der Waals surface area contributed by atoms with Crippen LogP contribution in [0.15, 0.2) is 10.6 Å². The van der Waals surface area contributed by atoms with Gasteiger partial charge in [-0.15, -0.1) is 0 Å². The number of oxazole rings is 1. The van der Waals surface area contributed by atoms with Gasteiger partial charge in [0.05, 0.1) is 12.1 Å². The van der Waals surface area contributed by atoms with E-state index in [4.69, 9.17) is 4.42 Å². The van der Waals surface area contributed by atoms with Crippen molar-refractivity contribution in [2.45, 2.75) is 26.8 Å². The lowest BCUT2D eigenvalue weighted by atomic mass is 10.1. The Hall–Kier alpha value is -1.85. The highest BCUT2D eigenvalue weighted by atomic mass is 16.4. The van der Waals surface area contributed by atoms with Gasteiger partial charge in [0.2, 0.25) is 11.8 Å². The molecule has 1 aromatic rings. The molecule has 3 amide bonds. The van der Waals surface area contributed by atoms with Gasteiger partial charge in [0.25, 0.3) is 0 Å². The summed E-state index contributed by atoms with van der Waals surface area (Å²) >= 11 is 0. The molecule has 0 radical (unpaired) electrons. The SMILES string of the molecule is Cc1cnc(C(C)N2CC(C)C(=O)NC2=O)o1. The minimum atomic E-state index is -0.392. The molecule has 0 aliphatic carbocycles. The molecular formula is C11H15N3O3. The lowest BCUT2D eigenvalue weighted by molar-refractivity contribution is -0.125. The van der Waals surface area contributed by atoms with Gasteiger partial charge in [-0.1, -0.05) is 6.92 Å². The molecule has 1 fully saturated rings. The van der Waals surface area contributed by atoms with Crippen LogP contribution in [-0.2, 0) is 4.79 Å². The summed E-state index contributed by atoms with van der Waals surface area (Å²) in [7, 11) is 0. The molecule has 1 aliphatic rings. The van der Waals surface area contributed by atoms with Crippen LogP contribution in [0.1, 0.15) is 31.5 Å². The Morgan fingerprint density at radius 2 is 2.29 bits per heavy atom. The summed E-state index contributed by atoms with van der Waals surface area (Å²) in [5.41, 5.74) is 0. The molecule has 0 spiro atoms. The highest BCUT2D eigenvalue weighted by Gasteiger charge is 2.34. The Kier molecular flexibility index (Phi) is 2.87. The van der Waals surface area contributed by atoms with Crippen LogP contribution in [0.5, 0.6) is 0 Å². The first-order valence-electron chi connectivity index (χ1n) is 5.53. The van der Waals surface area contributed by atoms with Gasteiger partial charge in [0, 0.05) is 6.54 Å². The maximum atomic E-state index is 11.7. The van der Waals surface area contributed by atoms with Crippen LogP contribution >= 0.6 is 0 Å². The first-order chi connectivity index (χ1) is 7.99. The van der Waals surface area contributed by atoms with Gasteiger partial charge in [-0.05, 0) is 13.8 Å². The molecule has 6 nitrogen and oxygen atoms in total. The summed E-state index contributed by atoms with van der Waals surface area (Å²) in [6, 6.07) is -0.671. The van der Waals surface area contributed by atoms with Gasteiger partial charge >= 0.3 is 6.03 Å². The minimum absolute atomic E-state index is 0.216. The zero-order chi connectivity index (χ0) is 12.6. The van der Waals surface area contributed by atoms with Crippen LogP contribution in [0.2, 0.25) is 0 Å². The number of aryl methyl sites for hydroxylation is 1. The third-order valence-corrected chi connectivity index (χ3v) is 2.87. The molecule has 92 valence electrons. The van der Waals surface area contributed by atoms with Crippen LogP contribution in [0.25, 0.3) is 0 Å². The maximum absolute atomic E-state index is 11.7. The minimum Gasteiger partial charge on any atom is -0.444 e. The van der Waals surface area contributed by atoms with Gasteiger partial charge in [-0.2, -0.15) is 0 Å². The molecule has 2 heterocycles.